The Morgan fingerprint density at radius 3 is 2.71 bits per heavy atom. The standard InChI is InChI=1S/C12H12F2N2O/c13-8-5-9-7(6-16-17-9)11(14)10(8)12(15)3-1-2-4-12/h5-6H,1-4,15H2. The summed E-state index contributed by atoms with van der Waals surface area (Å²) in [6.07, 6.45) is 4.27. The molecule has 0 atom stereocenters. The molecule has 0 bridgehead atoms. The van der Waals surface area contributed by atoms with E-state index in [1.165, 1.54) is 6.20 Å². The average molecular weight is 238 g/mol. The minimum absolute atomic E-state index is 0.0225. The molecule has 90 valence electrons. The Kier molecular flexibility index (Phi) is 2.19. The van der Waals surface area contributed by atoms with Crippen LogP contribution in [0.4, 0.5) is 8.78 Å². The third kappa shape index (κ3) is 1.45. The van der Waals surface area contributed by atoms with E-state index in [0.29, 0.717) is 12.8 Å². The lowest BCUT2D eigenvalue weighted by molar-refractivity contribution is 0.406. The third-order valence-corrected chi connectivity index (χ3v) is 3.54. The van der Waals surface area contributed by atoms with Gasteiger partial charge < -0.3 is 10.3 Å². The lowest BCUT2D eigenvalue weighted by Gasteiger charge is -2.25. The average Bonchev–Trinajstić information content (AvgIpc) is 2.87. The van der Waals surface area contributed by atoms with Crippen molar-refractivity contribution in [2.24, 2.45) is 5.73 Å². The third-order valence-electron chi connectivity index (χ3n) is 3.54. The Morgan fingerprint density at radius 2 is 2.00 bits per heavy atom. The molecular formula is C12H12F2N2O. The second-order valence-electron chi connectivity index (χ2n) is 4.65. The summed E-state index contributed by atoms with van der Waals surface area (Å²) >= 11 is 0. The normalized spacial score (nSPS) is 19.0. The molecule has 3 rings (SSSR count). The fraction of sp³-hybridized carbons (Fsp3) is 0.417. The van der Waals surface area contributed by atoms with E-state index in [1.807, 2.05) is 0 Å². The molecule has 1 saturated carbocycles. The number of halogens is 2. The van der Waals surface area contributed by atoms with Crippen molar-refractivity contribution in [3.63, 3.8) is 0 Å². The van der Waals surface area contributed by atoms with Gasteiger partial charge in [0.1, 0.15) is 11.6 Å². The number of fused-ring (bicyclic) bond motifs is 1. The van der Waals surface area contributed by atoms with Crippen molar-refractivity contribution in [3.05, 3.63) is 29.5 Å². The monoisotopic (exact) mass is 238 g/mol. The van der Waals surface area contributed by atoms with Crippen LogP contribution in [0.5, 0.6) is 0 Å². The SMILES string of the molecule is NC1(c2c(F)cc3oncc3c2F)CCCC1. The zero-order valence-electron chi connectivity index (χ0n) is 9.17. The van der Waals surface area contributed by atoms with E-state index in [1.54, 1.807) is 0 Å². The van der Waals surface area contributed by atoms with E-state index in [2.05, 4.69) is 5.16 Å². The minimum atomic E-state index is -0.889. The molecule has 2 N–H and O–H groups in total. The molecule has 1 aliphatic carbocycles. The van der Waals surface area contributed by atoms with Crippen LogP contribution >= 0.6 is 0 Å². The summed E-state index contributed by atoms with van der Waals surface area (Å²) < 4.78 is 32.9. The maximum Gasteiger partial charge on any atom is 0.172 e. The lowest BCUT2D eigenvalue weighted by atomic mass is 9.88. The lowest BCUT2D eigenvalue weighted by Crippen LogP contribution is -2.35. The van der Waals surface area contributed by atoms with Crippen molar-refractivity contribution in [2.75, 3.05) is 0 Å². The molecule has 0 spiro atoms. The van der Waals surface area contributed by atoms with E-state index in [0.717, 1.165) is 18.9 Å². The largest absolute Gasteiger partial charge is 0.356 e. The van der Waals surface area contributed by atoms with Crippen LogP contribution in [0.2, 0.25) is 0 Å². The first-order chi connectivity index (χ1) is 8.12. The quantitative estimate of drug-likeness (QED) is 0.831. The Morgan fingerprint density at radius 1 is 1.29 bits per heavy atom. The van der Waals surface area contributed by atoms with Crippen molar-refractivity contribution in [1.82, 2.24) is 5.16 Å². The van der Waals surface area contributed by atoms with Gasteiger partial charge in [0.2, 0.25) is 0 Å². The molecule has 1 aromatic carbocycles. The van der Waals surface area contributed by atoms with Gasteiger partial charge in [-0.1, -0.05) is 18.0 Å². The smallest absolute Gasteiger partial charge is 0.172 e. The maximum absolute atomic E-state index is 14.2. The van der Waals surface area contributed by atoms with Crippen molar-refractivity contribution in [1.29, 1.82) is 0 Å². The molecule has 0 amide bonds. The number of hydrogen-bond acceptors (Lipinski definition) is 3. The first kappa shape index (κ1) is 10.7. The summed E-state index contributed by atoms with van der Waals surface area (Å²) in [6.45, 7) is 0. The fourth-order valence-corrected chi connectivity index (χ4v) is 2.66. The summed E-state index contributed by atoms with van der Waals surface area (Å²) in [6, 6.07) is 1.16. The Balaban J connectivity index is 2.27. The predicted molar refractivity (Wildman–Crippen MR) is 58.3 cm³/mol. The van der Waals surface area contributed by atoms with E-state index in [9.17, 15) is 8.78 Å². The van der Waals surface area contributed by atoms with Gasteiger partial charge in [-0.2, -0.15) is 0 Å². The molecule has 0 aliphatic heterocycles. The Labute approximate surface area is 96.6 Å². The first-order valence-electron chi connectivity index (χ1n) is 5.63. The molecule has 0 radical (unpaired) electrons. The van der Waals surface area contributed by atoms with Crippen LogP contribution in [0, 0.1) is 11.6 Å². The van der Waals surface area contributed by atoms with E-state index in [-0.39, 0.29) is 16.5 Å². The fourth-order valence-electron chi connectivity index (χ4n) is 2.66. The van der Waals surface area contributed by atoms with E-state index >= 15 is 0 Å². The van der Waals surface area contributed by atoms with Crippen LogP contribution in [0.15, 0.2) is 16.8 Å². The minimum Gasteiger partial charge on any atom is -0.356 e. The summed E-state index contributed by atoms with van der Waals surface area (Å²) in [5, 5.41) is 3.66. The van der Waals surface area contributed by atoms with Crippen LogP contribution in [0.1, 0.15) is 31.2 Å². The first-order valence-corrected chi connectivity index (χ1v) is 5.63. The van der Waals surface area contributed by atoms with Gasteiger partial charge in [-0.3, -0.25) is 0 Å². The maximum atomic E-state index is 14.2. The molecule has 2 aromatic rings. The van der Waals surface area contributed by atoms with Gasteiger partial charge in [-0.25, -0.2) is 8.78 Å². The van der Waals surface area contributed by atoms with Crippen molar-refractivity contribution in [2.45, 2.75) is 31.2 Å². The highest BCUT2D eigenvalue weighted by molar-refractivity contribution is 5.78. The predicted octanol–water partition coefficient (Wildman–Crippen LogP) is 2.83. The Bertz CT molecular complexity index is 573. The molecule has 17 heavy (non-hydrogen) atoms. The van der Waals surface area contributed by atoms with Gasteiger partial charge in [0.25, 0.3) is 0 Å². The number of benzene rings is 1. The molecule has 1 fully saturated rings. The summed E-state index contributed by atoms with van der Waals surface area (Å²) in [5.74, 6) is -1.28. The van der Waals surface area contributed by atoms with Gasteiger partial charge in [-0.05, 0) is 12.8 Å². The summed E-state index contributed by atoms with van der Waals surface area (Å²) in [7, 11) is 0. The van der Waals surface area contributed by atoms with E-state index in [4.69, 9.17) is 10.3 Å². The molecule has 0 saturated heterocycles. The van der Waals surface area contributed by atoms with Crippen LogP contribution in [-0.2, 0) is 5.54 Å². The second-order valence-corrected chi connectivity index (χ2v) is 4.65. The molecular weight excluding hydrogens is 226 g/mol. The van der Waals surface area contributed by atoms with Crippen molar-refractivity contribution < 1.29 is 13.3 Å². The molecule has 1 aromatic heterocycles. The van der Waals surface area contributed by atoms with Gasteiger partial charge >= 0.3 is 0 Å². The number of rotatable bonds is 1. The van der Waals surface area contributed by atoms with Crippen molar-refractivity contribution in [3.8, 4) is 0 Å². The second kappa shape index (κ2) is 3.50. The number of nitrogens with two attached hydrogens (primary N) is 1. The number of hydrogen-bond donors (Lipinski definition) is 1. The van der Waals surface area contributed by atoms with Gasteiger partial charge in [0.05, 0.1) is 11.6 Å². The number of nitrogens with zero attached hydrogens (tertiary/aromatic N) is 1. The van der Waals surface area contributed by atoms with Crippen LogP contribution in [-0.4, -0.2) is 5.16 Å². The van der Waals surface area contributed by atoms with Crippen LogP contribution in [0.3, 0.4) is 0 Å². The molecule has 3 nitrogen and oxygen atoms in total. The zero-order valence-corrected chi connectivity index (χ0v) is 9.17. The van der Waals surface area contributed by atoms with Gasteiger partial charge in [0, 0.05) is 17.2 Å². The molecule has 5 heteroatoms. The topological polar surface area (TPSA) is 52.0 Å². The van der Waals surface area contributed by atoms with E-state index < -0.39 is 17.2 Å². The number of aromatic nitrogens is 1. The summed E-state index contributed by atoms with van der Waals surface area (Å²) in [4.78, 5) is 0. The highest BCUT2D eigenvalue weighted by Crippen LogP contribution is 2.40. The highest BCUT2D eigenvalue weighted by atomic mass is 19.1. The molecule has 1 heterocycles. The van der Waals surface area contributed by atoms with Gasteiger partial charge in [0.15, 0.2) is 5.58 Å². The van der Waals surface area contributed by atoms with Crippen LogP contribution in [0.25, 0.3) is 11.0 Å². The Hall–Kier alpha value is -1.49. The zero-order chi connectivity index (χ0) is 12.0. The molecule has 1 aliphatic rings. The molecule has 0 unspecified atom stereocenters. The van der Waals surface area contributed by atoms with Gasteiger partial charge in [-0.15, -0.1) is 0 Å². The summed E-state index contributed by atoms with van der Waals surface area (Å²) in [5.41, 5.74) is 5.32. The van der Waals surface area contributed by atoms with Crippen LogP contribution < -0.4 is 5.73 Å². The highest BCUT2D eigenvalue weighted by Gasteiger charge is 2.37. The van der Waals surface area contributed by atoms with Crippen molar-refractivity contribution >= 4 is 11.0 Å².